The third-order valence-corrected chi connectivity index (χ3v) is 6.48. The Morgan fingerprint density at radius 2 is 1.77 bits per heavy atom. The Bertz CT molecular complexity index is 761. The molecule has 1 aromatic carbocycles. The minimum Gasteiger partial charge on any atom is -0.347 e. The molecule has 0 spiro atoms. The molecule has 0 radical (unpaired) electrons. The summed E-state index contributed by atoms with van der Waals surface area (Å²) in [6.07, 6.45) is 0.598. The van der Waals surface area contributed by atoms with Gasteiger partial charge in [-0.25, -0.2) is 8.78 Å². The molecule has 1 N–H and O–H groups in total. The molecule has 0 unspecified atom stereocenters. The van der Waals surface area contributed by atoms with Gasteiger partial charge in [-0.05, 0) is 42.5 Å². The molecule has 2 aliphatic rings. The predicted octanol–water partition coefficient (Wildman–Crippen LogP) is 3.97. The minimum atomic E-state index is -2.59. The summed E-state index contributed by atoms with van der Waals surface area (Å²) in [6.45, 7) is 3.17. The van der Waals surface area contributed by atoms with E-state index >= 15 is 0 Å². The summed E-state index contributed by atoms with van der Waals surface area (Å²) < 4.78 is 26.4. The fourth-order valence-corrected chi connectivity index (χ4v) is 4.36. The van der Waals surface area contributed by atoms with Crippen molar-refractivity contribution in [3.8, 4) is 0 Å². The number of nitrogens with zero attached hydrogens (tertiary/aromatic N) is 2. The quantitative estimate of drug-likeness (QED) is 0.696. The monoisotopic (exact) mass is 461 g/mol. The van der Waals surface area contributed by atoms with Gasteiger partial charge in [0.15, 0.2) is 0 Å². The van der Waals surface area contributed by atoms with Crippen LogP contribution in [0.4, 0.5) is 8.78 Å². The number of benzene rings is 1. The largest absolute Gasteiger partial charge is 0.347 e. The first-order chi connectivity index (χ1) is 14.2. The molecule has 2 fully saturated rings. The molecule has 1 heterocycles. The van der Waals surface area contributed by atoms with Crippen LogP contribution in [0.3, 0.4) is 0 Å². The van der Waals surface area contributed by atoms with Crippen LogP contribution in [0.15, 0.2) is 18.2 Å². The van der Waals surface area contributed by atoms with Crippen molar-refractivity contribution in [3.63, 3.8) is 0 Å². The van der Waals surface area contributed by atoms with E-state index in [4.69, 9.17) is 23.2 Å². The standard InChI is InChI=1S/C21H27Cl2F2N3O2/c22-17-1-2-18(23)16(12-17)14-27-7-9-28(10-8-27)20(30)13-26-19(29)11-15-3-5-21(24,25)6-4-15/h1-2,12,15H,3-11,13-14H2,(H,26,29). The Hall–Kier alpha value is -1.44. The van der Waals surface area contributed by atoms with Gasteiger partial charge in [0.25, 0.3) is 0 Å². The van der Waals surface area contributed by atoms with Gasteiger partial charge in [-0.1, -0.05) is 23.2 Å². The van der Waals surface area contributed by atoms with Crippen LogP contribution in [0.1, 0.15) is 37.7 Å². The average molecular weight is 462 g/mol. The van der Waals surface area contributed by atoms with E-state index in [9.17, 15) is 18.4 Å². The van der Waals surface area contributed by atoms with Crippen LogP contribution >= 0.6 is 23.2 Å². The lowest BCUT2D eigenvalue weighted by Gasteiger charge is -2.35. The first-order valence-corrected chi connectivity index (χ1v) is 11.1. The normalized spacial score (nSPS) is 20.2. The van der Waals surface area contributed by atoms with Crippen molar-refractivity contribution >= 4 is 35.0 Å². The Morgan fingerprint density at radius 1 is 1.10 bits per heavy atom. The van der Waals surface area contributed by atoms with Crippen LogP contribution in [0.5, 0.6) is 0 Å². The number of halogens is 4. The van der Waals surface area contributed by atoms with E-state index in [0.717, 1.165) is 5.56 Å². The van der Waals surface area contributed by atoms with Gasteiger partial charge < -0.3 is 10.2 Å². The van der Waals surface area contributed by atoms with Crippen molar-refractivity contribution in [3.05, 3.63) is 33.8 Å². The average Bonchev–Trinajstić information content (AvgIpc) is 2.71. The van der Waals surface area contributed by atoms with Crippen molar-refractivity contribution in [2.75, 3.05) is 32.7 Å². The number of hydrogen-bond acceptors (Lipinski definition) is 3. The molecule has 2 amide bonds. The molecule has 1 aliphatic carbocycles. The van der Waals surface area contributed by atoms with Crippen molar-refractivity contribution in [1.29, 1.82) is 0 Å². The Balaban J connectivity index is 1.36. The first kappa shape index (κ1) is 23.2. The number of alkyl halides is 2. The fourth-order valence-electron chi connectivity index (χ4n) is 3.99. The van der Waals surface area contributed by atoms with Crippen LogP contribution in [0.25, 0.3) is 0 Å². The second kappa shape index (κ2) is 10.2. The highest BCUT2D eigenvalue weighted by Gasteiger charge is 2.35. The summed E-state index contributed by atoms with van der Waals surface area (Å²) >= 11 is 12.3. The molecule has 9 heteroatoms. The topological polar surface area (TPSA) is 52.7 Å². The molecule has 0 atom stereocenters. The summed E-state index contributed by atoms with van der Waals surface area (Å²) in [6, 6.07) is 5.38. The van der Waals surface area contributed by atoms with E-state index in [0.29, 0.717) is 55.6 Å². The molecule has 5 nitrogen and oxygen atoms in total. The van der Waals surface area contributed by atoms with Gasteiger partial charge in [-0.2, -0.15) is 0 Å². The van der Waals surface area contributed by atoms with E-state index < -0.39 is 5.92 Å². The third-order valence-electron chi connectivity index (χ3n) is 5.87. The van der Waals surface area contributed by atoms with Crippen LogP contribution in [-0.2, 0) is 16.1 Å². The van der Waals surface area contributed by atoms with Crippen molar-refractivity contribution in [2.24, 2.45) is 5.92 Å². The molecular weight excluding hydrogens is 435 g/mol. The van der Waals surface area contributed by atoms with E-state index in [1.165, 1.54) is 0 Å². The maximum Gasteiger partial charge on any atom is 0.248 e. The lowest BCUT2D eigenvalue weighted by molar-refractivity contribution is -0.134. The molecule has 1 aromatic rings. The van der Waals surface area contributed by atoms with E-state index in [-0.39, 0.29) is 43.5 Å². The number of piperazine rings is 1. The predicted molar refractivity (Wildman–Crippen MR) is 113 cm³/mol. The SMILES string of the molecule is O=C(CC1CCC(F)(F)CC1)NCC(=O)N1CCN(Cc2cc(Cl)ccc2Cl)CC1. The highest BCUT2D eigenvalue weighted by molar-refractivity contribution is 6.33. The summed E-state index contributed by atoms with van der Waals surface area (Å²) in [5, 5.41) is 3.96. The maximum atomic E-state index is 13.2. The number of hydrogen-bond donors (Lipinski definition) is 1. The van der Waals surface area contributed by atoms with Gasteiger partial charge in [-0.15, -0.1) is 0 Å². The first-order valence-electron chi connectivity index (χ1n) is 10.3. The van der Waals surface area contributed by atoms with Crippen molar-refractivity contribution < 1.29 is 18.4 Å². The maximum absolute atomic E-state index is 13.2. The van der Waals surface area contributed by atoms with Gasteiger partial charge in [0.05, 0.1) is 6.54 Å². The second-order valence-electron chi connectivity index (χ2n) is 8.17. The highest BCUT2D eigenvalue weighted by Crippen LogP contribution is 2.37. The van der Waals surface area contributed by atoms with E-state index in [2.05, 4.69) is 10.2 Å². The molecule has 166 valence electrons. The van der Waals surface area contributed by atoms with Crippen molar-refractivity contribution in [1.82, 2.24) is 15.1 Å². The van der Waals surface area contributed by atoms with Crippen LogP contribution in [0, 0.1) is 5.92 Å². The van der Waals surface area contributed by atoms with Crippen LogP contribution in [-0.4, -0.2) is 60.3 Å². The zero-order valence-electron chi connectivity index (χ0n) is 16.8. The highest BCUT2D eigenvalue weighted by atomic mass is 35.5. The van der Waals surface area contributed by atoms with Crippen molar-refractivity contribution in [2.45, 2.75) is 44.6 Å². The number of rotatable bonds is 6. The summed E-state index contributed by atoms with van der Waals surface area (Å²) in [5.41, 5.74) is 0.955. The molecule has 1 saturated carbocycles. The molecule has 1 saturated heterocycles. The Kier molecular flexibility index (Phi) is 7.93. The minimum absolute atomic E-state index is 0.0263. The van der Waals surface area contributed by atoms with E-state index in [1.807, 2.05) is 6.07 Å². The number of carbonyl (C=O) groups excluding carboxylic acids is 2. The lowest BCUT2D eigenvalue weighted by Crippen LogP contribution is -2.51. The number of amides is 2. The molecule has 1 aliphatic heterocycles. The molecule has 0 aromatic heterocycles. The molecule has 30 heavy (non-hydrogen) atoms. The molecule has 0 bridgehead atoms. The second-order valence-corrected chi connectivity index (χ2v) is 9.02. The number of nitrogens with one attached hydrogen (secondary N) is 1. The van der Waals surface area contributed by atoms with Gasteiger partial charge in [0, 0.05) is 62.0 Å². The zero-order chi connectivity index (χ0) is 21.7. The number of carbonyl (C=O) groups is 2. The smallest absolute Gasteiger partial charge is 0.248 e. The van der Waals surface area contributed by atoms with Gasteiger partial charge in [-0.3, -0.25) is 14.5 Å². The summed E-state index contributed by atoms with van der Waals surface area (Å²) in [5.74, 6) is -2.99. The fraction of sp³-hybridized carbons (Fsp3) is 0.619. The summed E-state index contributed by atoms with van der Waals surface area (Å²) in [7, 11) is 0. The van der Waals surface area contributed by atoms with Crippen LogP contribution < -0.4 is 5.32 Å². The van der Waals surface area contributed by atoms with Gasteiger partial charge in [0.1, 0.15) is 0 Å². The Labute approximate surface area is 185 Å². The zero-order valence-corrected chi connectivity index (χ0v) is 18.3. The van der Waals surface area contributed by atoms with Gasteiger partial charge >= 0.3 is 0 Å². The molecule has 3 rings (SSSR count). The van der Waals surface area contributed by atoms with E-state index in [1.54, 1.807) is 17.0 Å². The van der Waals surface area contributed by atoms with Crippen LogP contribution in [0.2, 0.25) is 10.0 Å². The summed E-state index contributed by atoms with van der Waals surface area (Å²) in [4.78, 5) is 28.4. The Morgan fingerprint density at radius 3 is 2.43 bits per heavy atom. The lowest BCUT2D eigenvalue weighted by atomic mass is 9.84. The molecular formula is C21H27Cl2F2N3O2. The third kappa shape index (κ3) is 6.79. The van der Waals surface area contributed by atoms with Gasteiger partial charge in [0.2, 0.25) is 17.7 Å².